The summed E-state index contributed by atoms with van der Waals surface area (Å²) in [5.41, 5.74) is 4.39. The van der Waals surface area contributed by atoms with Crippen LogP contribution in [0.15, 0.2) is 36.4 Å². The van der Waals surface area contributed by atoms with E-state index in [-0.39, 0.29) is 18.3 Å². The summed E-state index contributed by atoms with van der Waals surface area (Å²) in [4.78, 5) is 16.6. The molecule has 1 aliphatic heterocycles. The minimum absolute atomic E-state index is 0.0229. The summed E-state index contributed by atoms with van der Waals surface area (Å²) in [5.74, 6) is 1.10. The molecule has 0 unspecified atom stereocenters. The SMILES string of the molecule is Cc1cc(C)c(OCC(=O)N2CCN(c3ccc(O)cc3)CC2)c(C)c1. The van der Waals surface area contributed by atoms with Crippen LogP contribution in [-0.2, 0) is 4.79 Å². The quantitative estimate of drug-likeness (QED) is 0.917. The Morgan fingerprint density at radius 3 is 2.15 bits per heavy atom. The van der Waals surface area contributed by atoms with Crippen molar-refractivity contribution in [2.45, 2.75) is 20.8 Å². The Balaban J connectivity index is 1.53. The lowest BCUT2D eigenvalue weighted by atomic mass is 10.1. The maximum Gasteiger partial charge on any atom is 0.260 e. The molecular weight excluding hydrogens is 328 g/mol. The van der Waals surface area contributed by atoms with E-state index in [1.54, 1.807) is 12.1 Å². The predicted molar refractivity (Wildman–Crippen MR) is 103 cm³/mol. The number of amides is 1. The third-order valence-corrected chi connectivity index (χ3v) is 4.79. The highest BCUT2D eigenvalue weighted by Crippen LogP contribution is 2.25. The van der Waals surface area contributed by atoms with Gasteiger partial charge in [0, 0.05) is 31.9 Å². The lowest BCUT2D eigenvalue weighted by Gasteiger charge is -2.36. The normalized spacial score (nSPS) is 14.4. The molecular formula is C21H26N2O3. The van der Waals surface area contributed by atoms with Gasteiger partial charge in [-0.15, -0.1) is 0 Å². The van der Waals surface area contributed by atoms with E-state index in [2.05, 4.69) is 24.0 Å². The second kappa shape index (κ2) is 7.68. The van der Waals surface area contributed by atoms with Crippen LogP contribution in [0.25, 0.3) is 0 Å². The van der Waals surface area contributed by atoms with Crippen LogP contribution in [0, 0.1) is 20.8 Å². The van der Waals surface area contributed by atoms with Crippen LogP contribution in [-0.4, -0.2) is 48.7 Å². The van der Waals surface area contributed by atoms with E-state index < -0.39 is 0 Å². The molecule has 0 bridgehead atoms. The Hall–Kier alpha value is -2.69. The number of carbonyl (C=O) groups excluding carboxylic acids is 1. The molecule has 0 atom stereocenters. The van der Waals surface area contributed by atoms with Crippen molar-refractivity contribution in [3.05, 3.63) is 53.1 Å². The third-order valence-electron chi connectivity index (χ3n) is 4.79. The van der Waals surface area contributed by atoms with E-state index in [1.807, 2.05) is 30.9 Å². The van der Waals surface area contributed by atoms with Crippen LogP contribution >= 0.6 is 0 Å². The zero-order chi connectivity index (χ0) is 18.7. The smallest absolute Gasteiger partial charge is 0.260 e. The van der Waals surface area contributed by atoms with Crippen molar-refractivity contribution < 1.29 is 14.6 Å². The van der Waals surface area contributed by atoms with Crippen LogP contribution in [0.1, 0.15) is 16.7 Å². The van der Waals surface area contributed by atoms with Gasteiger partial charge in [0.15, 0.2) is 6.61 Å². The van der Waals surface area contributed by atoms with Gasteiger partial charge >= 0.3 is 0 Å². The number of carbonyl (C=O) groups is 1. The zero-order valence-corrected chi connectivity index (χ0v) is 15.7. The maximum absolute atomic E-state index is 12.5. The summed E-state index contributed by atoms with van der Waals surface area (Å²) in [5, 5.41) is 9.39. The highest BCUT2D eigenvalue weighted by molar-refractivity contribution is 5.78. The predicted octanol–water partition coefficient (Wildman–Crippen LogP) is 3.05. The fourth-order valence-corrected chi connectivity index (χ4v) is 3.50. The molecule has 0 aliphatic carbocycles. The molecule has 1 N–H and O–H groups in total. The molecule has 3 rings (SSSR count). The van der Waals surface area contributed by atoms with Gasteiger partial charge in [0.1, 0.15) is 11.5 Å². The molecule has 0 saturated carbocycles. The second-order valence-corrected chi connectivity index (χ2v) is 6.90. The summed E-state index contributed by atoms with van der Waals surface area (Å²) in [6.07, 6.45) is 0. The summed E-state index contributed by atoms with van der Waals surface area (Å²) in [6.45, 7) is 9.06. The van der Waals surface area contributed by atoms with Crippen LogP contribution < -0.4 is 9.64 Å². The molecule has 0 radical (unpaired) electrons. The second-order valence-electron chi connectivity index (χ2n) is 6.90. The molecule has 5 heteroatoms. The molecule has 0 aromatic heterocycles. The van der Waals surface area contributed by atoms with E-state index in [0.29, 0.717) is 13.1 Å². The average Bonchev–Trinajstić information content (AvgIpc) is 2.61. The molecule has 138 valence electrons. The molecule has 1 saturated heterocycles. The molecule has 2 aromatic carbocycles. The number of anilines is 1. The van der Waals surface area contributed by atoms with Crippen molar-refractivity contribution in [1.29, 1.82) is 0 Å². The minimum atomic E-state index is 0.0229. The van der Waals surface area contributed by atoms with Gasteiger partial charge in [-0.2, -0.15) is 0 Å². The first-order valence-corrected chi connectivity index (χ1v) is 8.96. The highest BCUT2D eigenvalue weighted by atomic mass is 16.5. The lowest BCUT2D eigenvalue weighted by molar-refractivity contribution is -0.133. The topological polar surface area (TPSA) is 53.0 Å². The van der Waals surface area contributed by atoms with Gasteiger partial charge in [0.05, 0.1) is 0 Å². The molecule has 1 aliphatic rings. The van der Waals surface area contributed by atoms with Gasteiger partial charge in [-0.25, -0.2) is 0 Å². The lowest BCUT2D eigenvalue weighted by Crippen LogP contribution is -2.50. The van der Waals surface area contributed by atoms with Crippen LogP contribution in [0.5, 0.6) is 11.5 Å². The fourth-order valence-electron chi connectivity index (χ4n) is 3.50. The van der Waals surface area contributed by atoms with Gasteiger partial charge in [0.2, 0.25) is 0 Å². The molecule has 0 spiro atoms. The van der Waals surface area contributed by atoms with Crippen LogP contribution in [0.2, 0.25) is 0 Å². The Kier molecular flexibility index (Phi) is 5.35. The number of hydrogen-bond acceptors (Lipinski definition) is 4. The fraction of sp³-hybridized carbons (Fsp3) is 0.381. The highest BCUT2D eigenvalue weighted by Gasteiger charge is 2.22. The van der Waals surface area contributed by atoms with E-state index >= 15 is 0 Å². The summed E-state index contributed by atoms with van der Waals surface area (Å²) < 4.78 is 5.83. The van der Waals surface area contributed by atoms with Gasteiger partial charge in [-0.1, -0.05) is 17.7 Å². The molecule has 1 heterocycles. The van der Waals surface area contributed by atoms with Gasteiger partial charge in [-0.05, 0) is 56.2 Å². The molecule has 26 heavy (non-hydrogen) atoms. The van der Waals surface area contributed by atoms with E-state index in [0.717, 1.165) is 35.7 Å². The number of nitrogens with zero attached hydrogens (tertiary/aromatic N) is 2. The largest absolute Gasteiger partial charge is 0.508 e. The number of piperazine rings is 1. The van der Waals surface area contributed by atoms with E-state index in [1.165, 1.54) is 5.56 Å². The van der Waals surface area contributed by atoms with Crippen LogP contribution in [0.4, 0.5) is 5.69 Å². The standard InChI is InChI=1S/C21H26N2O3/c1-15-12-16(2)21(17(3)13-15)26-14-20(25)23-10-8-22(9-11-23)18-4-6-19(24)7-5-18/h4-7,12-13,24H,8-11,14H2,1-3H3. The Labute approximate surface area is 154 Å². The monoisotopic (exact) mass is 354 g/mol. The number of ether oxygens (including phenoxy) is 1. The van der Waals surface area contributed by atoms with Crippen molar-refractivity contribution in [2.24, 2.45) is 0 Å². The molecule has 2 aromatic rings. The first-order valence-electron chi connectivity index (χ1n) is 8.96. The van der Waals surface area contributed by atoms with Crippen LogP contribution in [0.3, 0.4) is 0 Å². The number of benzene rings is 2. The first kappa shape index (κ1) is 18.1. The van der Waals surface area contributed by atoms with Gasteiger partial charge in [0.25, 0.3) is 5.91 Å². The number of phenols is 1. The summed E-state index contributed by atoms with van der Waals surface area (Å²) in [6, 6.07) is 11.3. The van der Waals surface area contributed by atoms with Crippen molar-refractivity contribution in [1.82, 2.24) is 4.90 Å². The Bertz CT molecular complexity index is 755. The van der Waals surface area contributed by atoms with Crippen molar-refractivity contribution in [3.63, 3.8) is 0 Å². The molecule has 1 amide bonds. The minimum Gasteiger partial charge on any atom is -0.508 e. The summed E-state index contributed by atoms with van der Waals surface area (Å²) in [7, 11) is 0. The maximum atomic E-state index is 12.5. The number of rotatable bonds is 4. The van der Waals surface area contributed by atoms with E-state index in [4.69, 9.17) is 4.74 Å². The number of aromatic hydroxyl groups is 1. The van der Waals surface area contributed by atoms with Crippen molar-refractivity contribution >= 4 is 11.6 Å². The van der Waals surface area contributed by atoms with Crippen molar-refractivity contribution in [2.75, 3.05) is 37.7 Å². The van der Waals surface area contributed by atoms with Crippen molar-refractivity contribution in [3.8, 4) is 11.5 Å². The number of hydrogen-bond donors (Lipinski definition) is 1. The zero-order valence-electron chi connectivity index (χ0n) is 15.7. The average molecular weight is 354 g/mol. The van der Waals surface area contributed by atoms with E-state index in [9.17, 15) is 9.90 Å². The molecule has 5 nitrogen and oxygen atoms in total. The van der Waals surface area contributed by atoms with Gasteiger partial charge < -0.3 is 19.6 Å². The number of phenolic OH excluding ortho intramolecular Hbond substituents is 1. The third kappa shape index (κ3) is 4.10. The Morgan fingerprint density at radius 2 is 1.58 bits per heavy atom. The number of aryl methyl sites for hydroxylation is 3. The first-order chi connectivity index (χ1) is 12.4. The Morgan fingerprint density at radius 1 is 1.00 bits per heavy atom. The van der Waals surface area contributed by atoms with Gasteiger partial charge in [-0.3, -0.25) is 4.79 Å². The molecule has 1 fully saturated rings. The summed E-state index contributed by atoms with van der Waals surface area (Å²) >= 11 is 0.